The Morgan fingerprint density at radius 1 is 1.12 bits per heavy atom. The second-order valence-electron chi connectivity index (χ2n) is 8.30. The highest BCUT2D eigenvalue weighted by atomic mass is 15.1. The zero-order valence-electron chi connectivity index (χ0n) is 18.0. The monoisotopic (exact) mass is 354 g/mol. The van der Waals surface area contributed by atoms with E-state index in [0.29, 0.717) is 5.41 Å². The molecule has 144 valence electrons. The minimum Gasteiger partial charge on any atom is -0.308 e. The summed E-state index contributed by atoms with van der Waals surface area (Å²) in [6, 6.07) is 0. The zero-order valence-corrected chi connectivity index (χ0v) is 18.0. The van der Waals surface area contributed by atoms with E-state index >= 15 is 0 Å². The molecule has 0 fully saturated rings. The third-order valence-electron chi connectivity index (χ3n) is 4.89. The smallest absolute Gasteiger partial charge is 0.0516 e. The van der Waals surface area contributed by atoms with Crippen LogP contribution in [0.3, 0.4) is 0 Å². The third kappa shape index (κ3) is 8.62. The van der Waals surface area contributed by atoms with Crippen molar-refractivity contribution in [2.24, 2.45) is 10.4 Å². The molecule has 0 aromatic heterocycles. The van der Waals surface area contributed by atoms with Crippen LogP contribution >= 0.6 is 0 Å². The highest BCUT2D eigenvalue weighted by molar-refractivity contribution is 5.72. The van der Waals surface area contributed by atoms with Crippen LogP contribution in [0.15, 0.2) is 63.7 Å². The third-order valence-corrected chi connectivity index (χ3v) is 4.89. The maximum Gasteiger partial charge on any atom is 0.0516 e. The average molecular weight is 355 g/mol. The lowest BCUT2D eigenvalue weighted by Gasteiger charge is -2.32. The molecule has 0 radical (unpaired) electrons. The minimum atomic E-state index is 0.306. The minimum absolute atomic E-state index is 0.306. The number of nitrogens with zero attached hydrogens (tertiary/aromatic N) is 2. The topological polar surface area (TPSA) is 15.6 Å². The summed E-state index contributed by atoms with van der Waals surface area (Å²) in [4.78, 5) is 6.53. The van der Waals surface area contributed by atoms with Gasteiger partial charge in [0, 0.05) is 12.8 Å². The second-order valence-corrected chi connectivity index (χ2v) is 8.30. The van der Waals surface area contributed by atoms with Crippen LogP contribution in [0, 0.1) is 5.41 Å². The average Bonchev–Trinajstić information content (AvgIpc) is 2.53. The Labute approximate surface area is 161 Å². The molecule has 0 saturated heterocycles. The molecule has 2 heteroatoms. The largest absolute Gasteiger partial charge is 0.308 e. The molecule has 0 aliphatic heterocycles. The molecule has 0 bridgehead atoms. The van der Waals surface area contributed by atoms with Crippen LogP contribution in [0.1, 0.15) is 53.9 Å². The lowest BCUT2D eigenvalue weighted by atomic mass is 9.72. The molecule has 0 atom stereocenters. The van der Waals surface area contributed by atoms with Crippen LogP contribution in [0.2, 0.25) is 0 Å². The molecule has 2 nitrogen and oxygen atoms in total. The molecule has 0 aromatic carbocycles. The van der Waals surface area contributed by atoms with Gasteiger partial charge in [-0.15, -0.1) is 0 Å². The van der Waals surface area contributed by atoms with E-state index < -0.39 is 0 Å². The molecule has 1 aliphatic carbocycles. The van der Waals surface area contributed by atoms with Gasteiger partial charge in [-0.3, -0.25) is 4.99 Å². The highest BCUT2D eigenvalue weighted by Crippen LogP contribution is 2.40. The first kappa shape index (κ1) is 22.4. The number of hydrogen-bond acceptors (Lipinski definition) is 2. The summed E-state index contributed by atoms with van der Waals surface area (Å²) in [5.74, 6) is 0. The summed E-state index contributed by atoms with van der Waals surface area (Å²) in [6.07, 6.45) is 18.8. The standard InChI is InChI=1S/C24H38N2/c1-20(13-14-23-22(3)12-9-16-24(23,4)5)10-8-11-21(2)15-17-25-18-19-26(6)7/h8,10-11,13-15,17H,9,12,16,18-19H2,1-7H3/b11-8+,14-13+,20-10+,21-15+,25-17?. The van der Waals surface area contributed by atoms with Crippen molar-refractivity contribution in [1.82, 2.24) is 4.90 Å². The highest BCUT2D eigenvalue weighted by Gasteiger charge is 2.26. The second kappa shape index (κ2) is 11.1. The molecule has 0 N–H and O–H groups in total. The quantitative estimate of drug-likeness (QED) is 0.377. The van der Waals surface area contributed by atoms with Crippen molar-refractivity contribution in [2.45, 2.75) is 53.9 Å². The Hall–Kier alpha value is -1.67. The molecular formula is C24H38N2. The first-order valence-electron chi connectivity index (χ1n) is 9.77. The summed E-state index contributed by atoms with van der Waals surface area (Å²) in [7, 11) is 4.13. The molecule has 0 amide bonds. The first-order valence-corrected chi connectivity index (χ1v) is 9.77. The van der Waals surface area contributed by atoms with Crippen LogP contribution in [0.5, 0.6) is 0 Å². The van der Waals surface area contributed by atoms with E-state index in [1.54, 1.807) is 5.57 Å². The summed E-state index contributed by atoms with van der Waals surface area (Å²) >= 11 is 0. The Balaban J connectivity index is 2.60. The number of rotatable bonds is 8. The normalized spacial score (nSPS) is 19.7. The molecule has 0 spiro atoms. The molecule has 0 saturated carbocycles. The Morgan fingerprint density at radius 2 is 1.81 bits per heavy atom. The summed E-state index contributed by atoms with van der Waals surface area (Å²) in [5, 5.41) is 0. The number of allylic oxidation sites excluding steroid dienone is 10. The van der Waals surface area contributed by atoms with Crippen molar-refractivity contribution in [3.05, 3.63) is 58.7 Å². The van der Waals surface area contributed by atoms with Gasteiger partial charge in [0.15, 0.2) is 0 Å². The van der Waals surface area contributed by atoms with Crippen molar-refractivity contribution in [1.29, 1.82) is 0 Å². The van der Waals surface area contributed by atoms with Gasteiger partial charge in [0.25, 0.3) is 0 Å². The molecule has 0 aromatic rings. The van der Waals surface area contributed by atoms with Gasteiger partial charge in [-0.1, -0.05) is 55.4 Å². The summed E-state index contributed by atoms with van der Waals surface area (Å²) < 4.78 is 0. The van der Waals surface area contributed by atoms with Gasteiger partial charge < -0.3 is 4.90 Å². The van der Waals surface area contributed by atoms with Gasteiger partial charge in [-0.25, -0.2) is 0 Å². The van der Waals surface area contributed by atoms with E-state index in [1.165, 1.54) is 36.0 Å². The van der Waals surface area contributed by atoms with E-state index in [1.807, 2.05) is 6.21 Å². The predicted molar refractivity (Wildman–Crippen MR) is 118 cm³/mol. The molecule has 26 heavy (non-hydrogen) atoms. The van der Waals surface area contributed by atoms with E-state index in [2.05, 4.69) is 95.1 Å². The summed E-state index contributed by atoms with van der Waals surface area (Å²) in [5.41, 5.74) is 5.85. The van der Waals surface area contributed by atoms with Gasteiger partial charge in [-0.2, -0.15) is 0 Å². The van der Waals surface area contributed by atoms with Crippen LogP contribution in [-0.4, -0.2) is 38.3 Å². The van der Waals surface area contributed by atoms with Crippen molar-refractivity contribution in [2.75, 3.05) is 27.2 Å². The Bertz CT molecular complexity index is 623. The molecule has 1 aliphatic rings. The molecule has 0 heterocycles. The van der Waals surface area contributed by atoms with E-state index in [-0.39, 0.29) is 0 Å². The van der Waals surface area contributed by atoms with E-state index in [0.717, 1.165) is 13.1 Å². The Morgan fingerprint density at radius 3 is 2.46 bits per heavy atom. The van der Waals surface area contributed by atoms with Crippen LogP contribution < -0.4 is 0 Å². The maximum atomic E-state index is 4.39. The van der Waals surface area contributed by atoms with Crippen molar-refractivity contribution in [3.63, 3.8) is 0 Å². The predicted octanol–water partition coefficient (Wildman–Crippen LogP) is 6.15. The maximum absolute atomic E-state index is 4.39. The van der Waals surface area contributed by atoms with Gasteiger partial charge in [0.1, 0.15) is 0 Å². The van der Waals surface area contributed by atoms with Gasteiger partial charge in [0.2, 0.25) is 0 Å². The number of aliphatic imine (C=N–C) groups is 1. The van der Waals surface area contributed by atoms with Crippen molar-refractivity contribution < 1.29 is 0 Å². The van der Waals surface area contributed by atoms with Crippen molar-refractivity contribution in [3.8, 4) is 0 Å². The van der Waals surface area contributed by atoms with Crippen LogP contribution in [0.4, 0.5) is 0 Å². The van der Waals surface area contributed by atoms with E-state index in [4.69, 9.17) is 0 Å². The van der Waals surface area contributed by atoms with Gasteiger partial charge in [0.05, 0.1) is 6.54 Å². The first-order chi connectivity index (χ1) is 12.2. The van der Waals surface area contributed by atoms with Crippen molar-refractivity contribution >= 4 is 6.21 Å². The SMILES string of the molecule is CC1=C(/C=C/C(C)=C/C=C/C(C)=C/C=NCCN(C)C)C(C)(C)CCC1. The lowest BCUT2D eigenvalue weighted by molar-refractivity contribution is 0.377. The molecule has 0 unspecified atom stereocenters. The Kier molecular flexibility index (Phi) is 9.58. The van der Waals surface area contributed by atoms with Crippen LogP contribution in [0.25, 0.3) is 0 Å². The fourth-order valence-electron chi connectivity index (χ4n) is 3.19. The lowest BCUT2D eigenvalue weighted by Crippen LogP contribution is -2.19. The van der Waals surface area contributed by atoms with Gasteiger partial charge in [-0.05, 0) is 76.8 Å². The van der Waals surface area contributed by atoms with Gasteiger partial charge >= 0.3 is 0 Å². The number of hydrogen-bond donors (Lipinski definition) is 0. The molecular weight excluding hydrogens is 316 g/mol. The van der Waals surface area contributed by atoms with Crippen LogP contribution in [-0.2, 0) is 0 Å². The van der Waals surface area contributed by atoms with E-state index in [9.17, 15) is 0 Å². The molecule has 1 rings (SSSR count). The number of likely N-dealkylation sites (N-methyl/N-ethyl adjacent to an activating group) is 1. The fourth-order valence-corrected chi connectivity index (χ4v) is 3.19. The fraction of sp³-hybridized carbons (Fsp3) is 0.542. The zero-order chi connectivity index (χ0) is 19.6. The summed E-state index contributed by atoms with van der Waals surface area (Å²) in [6.45, 7) is 13.1.